The van der Waals surface area contributed by atoms with Gasteiger partial charge in [0.25, 0.3) is 0 Å². The third-order valence-electron chi connectivity index (χ3n) is 2.47. The van der Waals surface area contributed by atoms with Crippen LogP contribution >= 0.6 is 11.6 Å². The van der Waals surface area contributed by atoms with Crippen LogP contribution in [0.15, 0.2) is 18.5 Å². The summed E-state index contributed by atoms with van der Waals surface area (Å²) >= 11 is 5.81. The fourth-order valence-corrected chi connectivity index (χ4v) is 1.70. The van der Waals surface area contributed by atoms with E-state index >= 15 is 0 Å². The SMILES string of the molecule is COc1c(Cl)ncnc1Nc1cc(F)c(C)cc1F. The highest BCUT2D eigenvalue weighted by Gasteiger charge is 2.13. The smallest absolute Gasteiger partial charge is 0.199 e. The number of methoxy groups -OCH3 is 1. The lowest BCUT2D eigenvalue weighted by Crippen LogP contribution is -2.02. The van der Waals surface area contributed by atoms with Gasteiger partial charge >= 0.3 is 0 Å². The van der Waals surface area contributed by atoms with E-state index in [1.807, 2.05) is 0 Å². The summed E-state index contributed by atoms with van der Waals surface area (Å²) < 4.78 is 32.1. The van der Waals surface area contributed by atoms with Gasteiger partial charge in [-0.25, -0.2) is 18.7 Å². The molecular weight excluding hydrogens is 276 g/mol. The largest absolute Gasteiger partial charge is 0.490 e. The van der Waals surface area contributed by atoms with Gasteiger partial charge in [0.15, 0.2) is 16.7 Å². The zero-order valence-corrected chi connectivity index (χ0v) is 10.9. The van der Waals surface area contributed by atoms with E-state index in [2.05, 4.69) is 15.3 Å². The number of hydrogen-bond donors (Lipinski definition) is 1. The molecule has 0 bridgehead atoms. The average Bonchev–Trinajstić information content (AvgIpc) is 2.36. The standard InChI is InChI=1S/C12H10ClF2N3O/c1-6-3-8(15)9(4-7(6)14)18-12-10(19-2)11(13)16-5-17-12/h3-5H,1-2H3,(H,16,17,18). The molecule has 2 aromatic rings. The number of rotatable bonds is 3. The van der Waals surface area contributed by atoms with Crippen LogP contribution in [0, 0.1) is 18.6 Å². The minimum absolute atomic E-state index is 0.0591. The Balaban J connectivity index is 2.42. The van der Waals surface area contributed by atoms with Gasteiger partial charge in [-0.15, -0.1) is 0 Å². The minimum atomic E-state index is -0.601. The Bertz CT molecular complexity index is 622. The number of nitrogens with one attached hydrogen (secondary N) is 1. The molecular formula is C12H10ClF2N3O. The number of ether oxygens (including phenoxy) is 1. The number of halogens is 3. The van der Waals surface area contributed by atoms with E-state index in [4.69, 9.17) is 16.3 Å². The highest BCUT2D eigenvalue weighted by atomic mass is 35.5. The second kappa shape index (κ2) is 5.36. The number of hydrogen-bond acceptors (Lipinski definition) is 4. The van der Waals surface area contributed by atoms with E-state index in [9.17, 15) is 8.78 Å². The molecule has 0 spiro atoms. The fourth-order valence-electron chi connectivity index (χ4n) is 1.49. The van der Waals surface area contributed by atoms with Gasteiger partial charge in [-0.3, -0.25) is 0 Å². The van der Waals surface area contributed by atoms with Crippen molar-refractivity contribution in [1.29, 1.82) is 0 Å². The number of aromatic nitrogens is 2. The third kappa shape index (κ3) is 2.73. The molecule has 0 atom stereocenters. The third-order valence-corrected chi connectivity index (χ3v) is 2.74. The number of anilines is 2. The van der Waals surface area contributed by atoms with Crippen molar-refractivity contribution in [2.24, 2.45) is 0 Å². The molecule has 0 saturated carbocycles. The Hall–Kier alpha value is -1.95. The minimum Gasteiger partial charge on any atom is -0.490 e. The van der Waals surface area contributed by atoms with Crippen molar-refractivity contribution >= 4 is 23.1 Å². The molecule has 0 radical (unpaired) electrons. The first-order valence-corrected chi connectivity index (χ1v) is 5.68. The maximum atomic E-state index is 13.7. The molecule has 0 aliphatic rings. The molecule has 100 valence electrons. The van der Waals surface area contributed by atoms with Crippen molar-refractivity contribution in [3.8, 4) is 5.75 Å². The molecule has 0 fully saturated rings. The van der Waals surface area contributed by atoms with Crippen molar-refractivity contribution in [2.45, 2.75) is 6.92 Å². The molecule has 0 amide bonds. The average molecular weight is 286 g/mol. The first-order chi connectivity index (χ1) is 9.02. The normalized spacial score (nSPS) is 10.4. The Morgan fingerprint density at radius 1 is 1.21 bits per heavy atom. The maximum Gasteiger partial charge on any atom is 0.199 e. The second-order valence-corrected chi connectivity index (χ2v) is 4.11. The van der Waals surface area contributed by atoms with Crippen molar-refractivity contribution in [3.05, 3.63) is 40.8 Å². The number of benzene rings is 1. The van der Waals surface area contributed by atoms with Gasteiger partial charge in [-0.2, -0.15) is 0 Å². The quantitative estimate of drug-likeness (QED) is 0.877. The monoisotopic (exact) mass is 285 g/mol. The maximum absolute atomic E-state index is 13.7. The molecule has 1 aromatic carbocycles. The summed E-state index contributed by atoms with van der Waals surface area (Å²) in [5, 5.41) is 2.70. The Morgan fingerprint density at radius 2 is 1.95 bits per heavy atom. The lowest BCUT2D eigenvalue weighted by molar-refractivity contribution is 0.413. The van der Waals surface area contributed by atoms with Crippen molar-refractivity contribution in [1.82, 2.24) is 9.97 Å². The molecule has 1 aromatic heterocycles. The highest BCUT2D eigenvalue weighted by Crippen LogP contribution is 2.31. The van der Waals surface area contributed by atoms with Crippen LogP contribution in [0.4, 0.5) is 20.3 Å². The van der Waals surface area contributed by atoms with E-state index in [0.717, 1.165) is 12.1 Å². The van der Waals surface area contributed by atoms with E-state index in [1.165, 1.54) is 20.4 Å². The predicted molar refractivity (Wildman–Crippen MR) is 68.0 cm³/mol. The van der Waals surface area contributed by atoms with E-state index in [1.54, 1.807) is 0 Å². The van der Waals surface area contributed by atoms with Crippen molar-refractivity contribution in [2.75, 3.05) is 12.4 Å². The molecule has 0 aliphatic heterocycles. The van der Waals surface area contributed by atoms with Gasteiger partial charge in [-0.05, 0) is 18.6 Å². The van der Waals surface area contributed by atoms with E-state index < -0.39 is 11.6 Å². The van der Waals surface area contributed by atoms with Gasteiger partial charge in [0.05, 0.1) is 12.8 Å². The van der Waals surface area contributed by atoms with Gasteiger partial charge in [0.1, 0.15) is 18.0 Å². The second-order valence-electron chi connectivity index (χ2n) is 3.75. The number of aryl methyl sites for hydroxylation is 1. The molecule has 1 N–H and O–H groups in total. The summed E-state index contributed by atoms with van der Waals surface area (Å²) in [7, 11) is 1.38. The molecule has 0 aliphatic carbocycles. The van der Waals surface area contributed by atoms with Crippen LogP contribution in [0.25, 0.3) is 0 Å². The topological polar surface area (TPSA) is 47.0 Å². The molecule has 4 nitrogen and oxygen atoms in total. The van der Waals surface area contributed by atoms with Crippen LogP contribution in [0.1, 0.15) is 5.56 Å². The Kier molecular flexibility index (Phi) is 3.80. The van der Waals surface area contributed by atoms with Crippen molar-refractivity contribution < 1.29 is 13.5 Å². The number of nitrogens with zero attached hydrogens (tertiary/aromatic N) is 2. The summed E-state index contributed by atoms with van der Waals surface area (Å²) in [5.41, 5.74) is 0.159. The first-order valence-electron chi connectivity index (χ1n) is 5.30. The van der Waals surface area contributed by atoms with Crippen LogP contribution in [0.5, 0.6) is 5.75 Å². The lowest BCUT2D eigenvalue weighted by Gasteiger charge is -2.11. The van der Waals surface area contributed by atoms with E-state index in [0.29, 0.717) is 0 Å². The van der Waals surface area contributed by atoms with Crippen LogP contribution in [-0.2, 0) is 0 Å². The molecule has 7 heteroatoms. The Labute approximate surface area is 113 Å². The predicted octanol–water partition coefficient (Wildman–Crippen LogP) is 3.47. The van der Waals surface area contributed by atoms with Crippen molar-refractivity contribution in [3.63, 3.8) is 0 Å². The van der Waals surface area contributed by atoms with Crippen LogP contribution in [0.2, 0.25) is 5.15 Å². The van der Waals surface area contributed by atoms with Crippen LogP contribution in [-0.4, -0.2) is 17.1 Å². The highest BCUT2D eigenvalue weighted by molar-refractivity contribution is 6.31. The van der Waals surface area contributed by atoms with Gasteiger partial charge in [0, 0.05) is 6.07 Å². The van der Waals surface area contributed by atoms with Gasteiger partial charge < -0.3 is 10.1 Å². The summed E-state index contributed by atoms with van der Waals surface area (Å²) in [6.07, 6.45) is 1.19. The van der Waals surface area contributed by atoms with Gasteiger partial charge in [-0.1, -0.05) is 11.6 Å². The van der Waals surface area contributed by atoms with E-state index in [-0.39, 0.29) is 28.0 Å². The van der Waals surface area contributed by atoms with Gasteiger partial charge in [0.2, 0.25) is 0 Å². The first kappa shape index (κ1) is 13.5. The lowest BCUT2D eigenvalue weighted by atomic mass is 10.2. The zero-order chi connectivity index (χ0) is 14.0. The fraction of sp³-hybridized carbons (Fsp3) is 0.167. The summed E-state index contributed by atoms with van der Waals surface area (Å²) in [6, 6.07) is 2.13. The molecule has 0 saturated heterocycles. The zero-order valence-electron chi connectivity index (χ0n) is 10.2. The molecule has 19 heavy (non-hydrogen) atoms. The molecule has 0 unspecified atom stereocenters. The Morgan fingerprint density at radius 3 is 2.63 bits per heavy atom. The van der Waals surface area contributed by atoms with Crippen LogP contribution in [0.3, 0.4) is 0 Å². The molecule has 1 heterocycles. The van der Waals surface area contributed by atoms with Crippen LogP contribution < -0.4 is 10.1 Å². The molecule has 2 rings (SSSR count). The summed E-state index contributed by atoms with van der Waals surface area (Å²) in [6.45, 7) is 1.48. The summed E-state index contributed by atoms with van der Waals surface area (Å²) in [5.74, 6) is -0.812. The summed E-state index contributed by atoms with van der Waals surface area (Å²) in [4.78, 5) is 7.61.